The largest absolute Gasteiger partial charge is 0.392 e. The molecule has 0 spiro atoms. The Morgan fingerprint density at radius 2 is 1.48 bits per heavy atom. The molecule has 1 atom stereocenters. The van der Waals surface area contributed by atoms with Crippen LogP contribution in [0.1, 0.15) is 56.8 Å². The maximum Gasteiger partial charge on any atom is 0.0796 e. The van der Waals surface area contributed by atoms with E-state index in [1.54, 1.807) is 0 Å². The predicted octanol–water partition coefficient (Wildman–Crippen LogP) is 5.50. The van der Waals surface area contributed by atoms with Crippen LogP contribution in [0.25, 0.3) is 11.1 Å². The molecule has 2 rings (SSSR count). The first-order chi connectivity index (χ1) is 11.2. The quantitative estimate of drug-likeness (QED) is 0.619. The number of ether oxygens (including phenoxy) is 1. The molecule has 0 bridgehead atoms. The molecule has 0 saturated heterocycles. The molecule has 2 aromatic rings. The average Bonchev–Trinajstić information content (AvgIpc) is 2.61. The number of aliphatic hydroxyl groups excluding tert-OH is 1. The zero-order chi connectivity index (χ0) is 16.5. The molecule has 0 aliphatic carbocycles. The molecule has 0 aliphatic rings. The van der Waals surface area contributed by atoms with Crippen molar-refractivity contribution in [2.24, 2.45) is 0 Å². The fourth-order valence-electron chi connectivity index (χ4n) is 2.63. The monoisotopic (exact) mass is 312 g/mol. The third-order valence-corrected chi connectivity index (χ3v) is 4.22. The van der Waals surface area contributed by atoms with Crippen molar-refractivity contribution >= 4 is 0 Å². The highest BCUT2D eigenvalue weighted by molar-refractivity contribution is 5.64. The van der Waals surface area contributed by atoms with Gasteiger partial charge < -0.3 is 9.84 Å². The minimum absolute atomic E-state index is 0.0896. The van der Waals surface area contributed by atoms with Crippen LogP contribution < -0.4 is 0 Å². The number of hydrogen-bond acceptors (Lipinski definition) is 2. The Bertz CT molecular complexity index is 557. The van der Waals surface area contributed by atoms with E-state index in [4.69, 9.17) is 9.84 Å². The molecule has 2 aromatic carbocycles. The van der Waals surface area contributed by atoms with E-state index in [-0.39, 0.29) is 12.7 Å². The Hall–Kier alpha value is -1.64. The van der Waals surface area contributed by atoms with Gasteiger partial charge in [0.1, 0.15) is 0 Å². The van der Waals surface area contributed by atoms with E-state index >= 15 is 0 Å². The van der Waals surface area contributed by atoms with Crippen molar-refractivity contribution in [3.63, 3.8) is 0 Å². The predicted molar refractivity (Wildman–Crippen MR) is 96.3 cm³/mol. The number of aliphatic hydroxyl groups is 1. The zero-order valence-electron chi connectivity index (χ0n) is 14.3. The van der Waals surface area contributed by atoms with Crippen LogP contribution in [0, 0.1) is 0 Å². The van der Waals surface area contributed by atoms with Gasteiger partial charge in [-0.25, -0.2) is 0 Å². The topological polar surface area (TPSA) is 29.5 Å². The van der Waals surface area contributed by atoms with Crippen LogP contribution in [-0.2, 0) is 11.3 Å². The Balaban J connectivity index is 1.90. The van der Waals surface area contributed by atoms with Crippen LogP contribution in [0.15, 0.2) is 48.5 Å². The summed E-state index contributed by atoms with van der Waals surface area (Å²) in [6.07, 6.45) is 5.10. The van der Waals surface area contributed by atoms with Crippen molar-refractivity contribution in [2.75, 3.05) is 6.61 Å². The maximum atomic E-state index is 9.10. The molecule has 23 heavy (non-hydrogen) atoms. The van der Waals surface area contributed by atoms with Crippen LogP contribution in [-0.4, -0.2) is 11.7 Å². The molecule has 0 fully saturated rings. The van der Waals surface area contributed by atoms with E-state index in [1.165, 1.54) is 36.0 Å². The highest BCUT2D eigenvalue weighted by atomic mass is 16.5. The normalized spacial score (nSPS) is 12.3. The van der Waals surface area contributed by atoms with Crippen molar-refractivity contribution < 1.29 is 9.84 Å². The lowest BCUT2D eigenvalue weighted by atomic mass is 10.0. The third-order valence-electron chi connectivity index (χ3n) is 4.22. The average molecular weight is 312 g/mol. The van der Waals surface area contributed by atoms with Crippen molar-refractivity contribution in [3.8, 4) is 11.1 Å². The smallest absolute Gasteiger partial charge is 0.0796 e. The number of unbranched alkanes of at least 4 members (excludes halogenated alkanes) is 3. The van der Waals surface area contributed by atoms with Crippen molar-refractivity contribution in [3.05, 3.63) is 59.7 Å². The summed E-state index contributed by atoms with van der Waals surface area (Å²) in [6, 6.07) is 16.6. The van der Waals surface area contributed by atoms with Crippen molar-refractivity contribution in [1.82, 2.24) is 0 Å². The lowest BCUT2D eigenvalue weighted by Crippen LogP contribution is -2.01. The summed E-state index contributed by atoms with van der Waals surface area (Å²) >= 11 is 0. The van der Waals surface area contributed by atoms with Crippen LogP contribution in [0.4, 0.5) is 0 Å². The molecular formula is C21H28O2. The minimum atomic E-state index is 0.0896. The Morgan fingerprint density at radius 1 is 0.870 bits per heavy atom. The molecule has 0 radical (unpaired) electrons. The Labute approximate surface area is 140 Å². The minimum Gasteiger partial charge on any atom is -0.392 e. The summed E-state index contributed by atoms with van der Waals surface area (Å²) in [7, 11) is 0. The van der Waals surface area contributed by atoms with Crippen LogP contribution in [0.3, 0.4) is 0 Å². The molecule has 2 nitrogen and oxygen atoms in total. The lowest BCUT2D eigenvalue weighted by molar-refractivity contribution is 0.0628. The van der Waals surface area contributed by atoms with Crippen LogP contribution in [0.2, 0.25) is 0 Å². The summed E-state index contributed by atoms with van der Waals surface area (Å²) in [5.41, 5.74) is 4.52. The zero-order valence-corrected chi connectivity index (χ0v) is 14.3. The van der Waals surface area contributed by atoms with Gasteiger partial charge in [0.15, 0.2) is 0 Å². The van der Waals surface area contributed by atoms with Gasteiger partial charge >= 0.3 is 0 Å². The van der Waals surface area contributed by atoms with Gasteiger partial charge in [-0.3, -0.25) is 0 Å². The molecule has 0 heterocycles. The first-order valence-electron chi connectivity index (χ1n) is 8.66. The third kappa shape index (κ3) is 5.49. The van der Waals surface area contributed by atoms with Gasteiger partial charge in [-0.15, -0.1) is 0 Å². The molecule has 1 unspecified atom stereocenters. The van der Waals surface area contributed by atoms with E-state index in [9.17, 15) is 0 Å². The summed E-state index contributed by atoms with van der Waals surface area (Å²) in [5.74, 6) is 0. The van der Waals surface area contributed by atoms with E-state index < -0.39 is 0 Å². The molecule has 124 valence electrons. The standard InChI is InChI=1S/C21H28O2/c1-3-4-5-6-15-23-17(2)19-11-13-21(14-12-19)20-9-7-18(16-22)8-10-20/h7-14,17,22H,3-6,15-16H2,1-2H3. The SMILES string of the molecule is CCCCCCOC(C)c1ccc(-c2ccc(CO)cc2)cc1. The second kappa shape index (κ2) is 9.49. The number of benzene rings is 2. The highest BCUT2D eigenvalue weighted by Crippen LogP contribution is 2.24. The summed E-state index contributed by atoms with van der Waals surface area (Å²) in [6.45, 7) is 5.27. The molecular weight excluding hydrogens is 284 g/mol. The molecule has 2 heteroatoms. The Kier molecular flexibility index (Phi) is 7.31. The number of hydrogen-bond donors (Lipinski definition) is 1. The van der Waals surface area contributed by atoms with Crippen molar-refractivity contribution in [1.29, 1.82) is 0 Å². The second-order valence-corrected chi connectivity index (χ2v) is 6.05. The number of rotatable bonds is 9. The molecule has 1 N–H and O–H groups in total. The lowest BCUT2D eigenvalue weighted by Gasteiger charge is -2.14. The molecule has 0 saturated carbocycles. The molecule has 0 aromatic heterocycles. The van der Waals surface area contributed by atoms with Gasteiger partial charge in [-0.2, -0.15) is 0 Å². The van der Waals surface area contributed by atoms with Crippen LogP contribution in [0.5, 0.6) is 0 Å². The molecule has 0 amide bonds. The van der Waals surface area contributed by atoms with Gasteiger partial charge in [0.05, 0.1) is 12.7 Å². The summed E-state index contributed by atoms with van der Waals surface area (Å²) in [4.78, 5) is 0. The Morgan fingerprint density at radius 3 is 2.04 bits per heavy atom. The maximum absolute atomic E-state index is 9.10. The van der Waals surface area contributed by atoms with Gasteiger partial charge in [0.2, 0.25) is 0 Å². The van der Waals surface area contributed by atoms with Crippen LogP contribution >= 0.6 is 0 Å². The van der Waals surface area contributed by atoms with E-state index in [2.05, 4.69) is 38.1 Å². The van der Waals surface area contributed by atoms with E-state index in [1.807, 2.05) is 24.3 Å². The molecule has 0 aliphatic heterocycles. The first kappa shape index (κ1) is 17.7. The van der Waals surface area contributed by atoms with Gasteiger partial charge in [0, 0.05) is 6.61 Å². The van der Waals surface area contributed by atoms with Gasteiger partial charge in [-0.1, -0.05) is 74.7 Å². The first-order valence-corrected chi connectivity index (χ1v) is 8.66. The van der Waals surface area contributed by atoms with Crippen molar-refractivity contribution in [2.45, 2.75) is 52.2 Å². The summed E-state index contributed by atoms with van der Waals surface area (Å²) in [5, 5.41) is 9.10. The van der Waals surface area contributed by atoms with E-state index in [0.29, 0.717) is 0 Å². The van der Waals surface area contributed by atoms with Gasteiger partial charge in [0.25, 0.3) is 0 Å². The fourth-order valence-corrected chi connectivity index (χ4v) is 2.63. The second-order valence-electron chi connectivity index (χ2n) is 6.05. The summed E-state index contributed by atoms with van der Waals surface area (Å²) < 4.78 is 5.92. The van der Waals surface area contributed by atoms with Gasteiger partial charge in [-0.05, 0) is 35.6 Å². The van der Waals surface area contributed by atoms with E-state index in [0.717, 1.165) is 18.6 Å². The highest BCUT2D eigenvalue weighted by Gasteiger charge is 2.06. The fraction of sp³-hybridized carbons (Fsp3) is 0.429.